The smallest absolute Gasteiger partial charge is 0.137 e. The summed E-state index contributed by atoms with van der Waals surface area (Å²) < 4.78 is 0. The molecule has 2 heteroatoms. The van der Waals surface area contributed by atoms with Crippen LogP contribution in [-0.2, 0) is 4.79 Å². The minimum atomic E-state index is -0.490. The van der Waals surface area contributed by atoms with E-state index in [4.69, 9.17) is 0 Å². The molecule has 0 bridgehead atoms. The second kappa shape index (κ2) is 4.84. The van der Waals surface area contributed by atoms with E-state index in [2.05, 4.69) is 20.8 Å². The molecule has 0 aliphatic heterocycles. The average Bonchev–Trinajstić information content (AvgIpc) is 2.67. The first kappa shape index (κ1) is 16.1. The summed E-state index contributed by atoms with van der Waals surface area (Å²) in [6.07, 6.45) is 8.76. The zero-order chi connectivity index (χ0) is 16.6. The lowest BCUT2D eigenvalue weighted by atomic mass is 9.47. The first-order valence-corrected chi connectivity index (χ1v) is 9.90. The minimum absolute atomic E-state index is 0.220. The predicted octanol–water partition coefficient (Wildman–Crippen LogP) is 4.60. The lowest BCUT2D eigenvalue weighted by Crippen LogP contribution is -2.55. The van der Waals surface area contributed by atoms with E-state index in [0.717, 1.165) is 31.6 Å². The number of carbonyl (C=O) groups excluding carboxylic acids is 1. The highest BCUT2D eigenvalue weighted by Crippen LogP contribution is 2.67. The molecule has 0 radical (unpaired) electrons. The molecule has 0 saturated heterocycles. The van der Waals surface area contributed by atoms with Crippen molar-refractivity contribution in [2.24, 2.45) is 40.4 Å². The fourth-order valence-corrected chi connectivity index (χ4v) is 7.31. The van der Waals surface area contributed by atoms with Crippen LogP contribution in [0.15, 0.2) is 0 Å². The van der Waals surface area contributed by atoms with Gasteiger partial charge in [0.1, 0.15) is 5.78 Å². The van der Waals surface area contributed by atoms with Gasteiger partial charge in [0.05, 0.1) is 5.60 Å². The van der Waals surface area contributed by atoms with Gasteiger partial charge in [-0.3, -0.25) is 4.79 Å². The Morgan fingerprint density at radius 2 is 1.70 bits per heavy atom. The number of ketones is 1. The van der Waals surface area contributed by atoms with E-state index >= 15 is 0 Å². The lowest BCUT2D eigenvalue weighted by Gasteiger charge is -2.57. The highest BCUT2D eigenvalue weighted by Gasteiger charge is 2.62. The molecule has 4 fully saturated rings. The Morgan fingerprint density at radius 3 is 2.43 bits per heavy atom. The molecule has 0 spiro atoms. The number of hydrogen-bond acceptors (Lipinski definition) is 2. The van der Waals surface area contributed by atoms with E-state index < -0.39 is 5.60 Å². The van der Waals surface area contributed by atoms with E-state index in [-0.39, 0.29) is 5.41 Å². The molecule has 4 aliphatic rings. The van der Waals surface area contributed by atoms with Crippen molar-refractivity contribution >= 4 is 5.78 Å². The lowest BCUT2D eigenvalue weighted by molar-refractivity contribution is -0.154. The number of hydrogen-bond donors (Lipinski definition) is 1. The summed E-state index contributed by atoms with van der Waals surface area (Å²) in [5.41, 5.74) is 0.0409. The van der Waals surface area contributed by atoms with Gasteiger partial charge in [-0.05, 0) is 86.4 Å². The Kier molecular flexibility index (Phi) is 3.39. The third-order valence-corrected chi connectivity index (χ3v) is 8.99. The molecule has 23 heavy (non-hydrogen) atoms. The second-order valence-electron chi connectivity index (χ2n) is 10.5. The Bertz CT molecular complexity index is 520. The number of aliphatic hydroxyl groups is 1. The van der Waals surface area contributed by atoms with Gasteiger partial charge in [-0.1, -0.05) is 20.8 Å². The van der Waals surface area contributed by atoms with Crippen molar-refractivity contribution in [3.05, 3.63) is 0 Å². The Labute approximate surface area is 141 Å². The van der Waals surface area contributed by atoms with Crippen molar-refractivity contribution in [3.63, 3.8) is 0 Å². The topological polar surface area (TPSA) is 37.3 Å². The maximum Gasteiger partial charge on any atom is 0.137 e. The number of carbonyl (C=O) groups is 1. The monoisotopic (exact) mass is 318 g/mol. The largest absolute Gasteiger partial charge is 0.390 e. The molecule has 2 nitrogen and oxygen atoms in total. The molecule has 130 valence electrons. The molecule has 0 aromatic carbocycles. The highest BCUT2D eigenvalue weighted by atomic mass is 16.3. The van der Waals surface area contributed by atoms with Crippen molar-refractivity contribution < 1.29 is 9.90 Å². The Morgan fingerprint density at radius 1 is 0.957 bits per heavy atom. The van der Waals surface area contributed by atoms with Crippen LogP contribution >= 0.6 is 0 Å². The summed E-state index contributed by atoms with van der Waals surface area (Å²) in [6, 6.07) is 0. The molecule has 0 aromatic rings. The molecule has 7 atom stereocenters. The van der Waals surface area contributed by atoms with Crippen LogP contribution in [0.2, 0.25) is 0 Å². The van der Waals surface area contributed by atoms with Gasteiger partial charge in [-0.25, -0.2) is 0 Å². The fourth-order valence-electron chi connectivity index (χ4n) is 7.31. The van der Waals surface area contributed by atoms with Gasteiger partial charge < -0.3 is 5.11 Å². The predicted molar refractivity (Wildman–Crippen MR) is 91.9 cm³/mol. The summed E-state index contributed by atoms with van der Waals surface area (Å²) in [5, 5.41) is 10.5. The van der Waals surface area contributed by atoms with Crippen LogP contribution in [0.3, 0.4) is 0 Å². The standard InChI is InChI=1S/C21H34O2/c1-19(2)9-8-16-15-6-5-13-11-20(3,23)10-7-14(13)18(15)17(22)12-21(16,19)4/h13-16,18,23H,5-12H2,1-4H3/t13-,14+,15+,16+,18-,20-,21+/m1/s1. The van der Waals surface area contributed by atoms with Crippen LogP contribution in [0.1, 0.15) is 79.1 Å². The van der Waals surface area contributed by atoms with Crippen LogP contribution in [0.25, 0.3) is 0 Å². The maximum absolute atomic E-state index is 13.2. The summed E-state index contributed by atoms with van der Waals surface area (Å²) in [5.74, 6) is 3.42. The molecule has 0 aromatic heterocycles. The van der Waals surface area contributed by atoms with Gasteiger partial charge in [-0.15, -0.1) is 0 Å². The molecule has 0 unspecified atom stereocenters. The Balaban J connectivity index is 1.64. The zero-order valence-electron chi connectivity index (χ0n) is 15.4. The second-order valence-corrected chi connectivity index (χ2v) is 10.5. The first-order chi connectivity index (χ1) is 10.6. The molecular formula is C21H34O2. The molecule has 4 saturated carbocycles. The normalized spacial score (nSPS) is 55.0. The van der Waals surface area contributed by atoms with E-state index in [1.54, 1.807) is 0 Å². The molecule has 0 amide bonds. The SMILES string of the molecule is CC1(C)CC[C@H]2[C@@H]3CC[C@@H]4C[C@](C)(O)CC[C@@H]4[C@H]3C(=O)C[C@@]21C. The quantitative estimate of drug-likeness (QED) is 0.709. The average molecular weight is 319 g/mol. The van der Waals surface area contributed by atoms with Crippen molar-refractivity contribution in [1.29, 1.82) is 0 Å². The van der Waals surface area contributed by atoms with E-state index in [9.17, 15) is 9.90 Å². The first-order valence-electron chi connectivity index (χ1n) is 9.90. The van der Waals surface area contributed by atoms with Crippen LogP contribution < -0.4 is 0 Å². The van der Waals surface area contributed by atoms with Gasteiger partial charge in [0.25, 0.3) is 0 Å². The van der Waals surface area contributed by atoms with Gasteiger partial charge in [0, 0.05) is 12.3 Å². The molecule has 4 aliphatic carbocycles. The Hall–Kier alpha value is -0.370. The third kappa shape index (κ3) is 2.19. The minimum Gasteiger partial charge on any atom is -0.390 e. The van der Waals surface area contributed by atoms with Crippen LogP contribution in [0.5, 0.6) is 0 Å². The molecule has 1 N–H and O–H groups in total. The van der Waals surface area contributed by atoms with Crippen molar-refractivity contribution in [1.82, 2.24) is 0 Å². The van der Waals surface area contributed by atoms with Crippen molar-refractivity contribution in [2.75, 3.05) is 0 Å². The van der Waals surface area contributed by atoms with Gasteiger partial charge >= 0.3 is 0 Å². The third-order valence-electron chi connectivity index (χ3n) is 8.99. The van der Waals surface area contributed by atoms with Crippen LogP contribution in [0.4, 0.5) is 0 Å². The highest BCUT2D eigenvalue weighted by molar-refractivity contribution is 5.84. The summed E-state index contributed by atoms with van der Waals surface area (Å²) >= 11 is 0. The summed E-state index contributed by atoms with van der Waals surface area (Å²) in [4.78, 5) is 13.2. The van der Waals surface area contributed by atoms with Crippen molar-refractivity contribution in [2.45, 2.75) is 84.7 Å². The maximum atomic E-state index is 13.2. The molecule has 0 heterocycles. The molecular weight excluding hydrogens is 284 g/mol. The number of rotatable bonds is 0. The van der Waals surface area contributed by atoms with E-state index in [1.807, 2.05) is 6.92 Å². The van der Waals surface area contributed by atoms with Gasteiger partial charge in [0.15, 0.2) is 0 Å². The van der Waals surface area contributed by atoms with Gasteiger partial charge in [0.2, 0.25) is 0 Å². The van der Waals surface area contributed by atoms with E-state index in [1.165, 1.54) is 25.7 Å². The van der Waals surface area contributed by atoms with Crippen LogP contribution in [-0.4, -0.2) is 16.5 Å². The number of fused-ring (bicyclic) bond motifs is 5. The fraction of sp³-hybridized carbons (Fsp3) is 0.952. The van der Waals surface area contributed by atoms with Gasteiger partial charge in [-0.2, -0.15) is 0 Å². The zero-order valence-corrected chi connectivity index (χ0v) is 15.4. The summed E-state index contributed by atoms with van der Waals surface area (Å²) in [6.45, 7) is 9.19. The van der Waals surface area contributed by atoms with Crippen molar-refractivity contribution in [3.8, 4) is 0 Å². The molecule has 4 rings (SSSR count). The summed E-state index contributed by atoms with van der Waals surface area (Å²) in [7, 11) is 0. The number of Topliss-reactive ketones (excluding diaryl/α,β-unsaturated/α-hetero) is 1. The van der Waals surface area contributed by atoms with E-state index in [0.29, 0.717) is 34.9 Å². The van der Waals surface area contributed by atoms with Crippen LogP contribution in [0, 0.1) is 40.4 Å².